The number of aromatic carboxylic acids is 1. The number of rotatable bonds is 21. The Bertz CT molecular complexity index is 1190. The van der Waals surface area contributed by atoms with Gasteiger partial charge in [0.05, 0.1) is 5.56 Å². The first-order valence-corrected chi connectivity index (χ1v) is 17.7. The second-order valence-electron chi connectivity index (χ2n) is 12.3. The molecule has 1 N–H and O–H groups in total. The average Bonchev–Trinajstić information content (AvgIpc) is 3.07. The van der Waals surface area contributed by atoms with Crippen molar-refractivity contribution in [2.45, 2.75) is 98.8 Å². The molecular formula is C40H59N3O2. The summed E-state index contributed by atoms with van der Waals surface area (Å²) in [5.74, 6) is -1.07. The first kappa shape index (κ1) is 36.0. The van der Waals surface area contributed by atoms with E-state index in [4.69, 9.17) is 0 Å². The van der Waals surface area contributed by atoms with Gasteiger partial charge in [0.2, 0.25) is 0 Å². The Balaban J connectivity index is 2.11. The predicted octanol–water partition coefficient (Wildman–Crippen LogP) is 10.2. The number of benzene rings is 3. The quantitative estimate of drug-likeness (QED) is 0.121. The molecule has 0 fully saturated rings. The highest BCUT2D eigenvalue weighted by Gasteiger charge is 2.24. The van der Waals surface area contributed by atoms with Crippen LogP contribution < -0.4 is 14.7 Å². The SMILES string of the molecule is CCCCN(CCCC)c1ccc(C(c2ccc(N(CCCC)CCCC)cc2)c2ccc(N(CC)CC)cc2C(=O)O)cc1. The number of carboxylic acids is 1. The maximum atomic E-state index is 12.8. The van der Waals surface area contributed by atoms with Crippen LogP contribution in [-0.4, -0.2) is 50.3 Å². The largest absolute Gasteiger partial charge is 0.478 e. The summed E-state index contributed by atoms with van der Waals surface area (Å²) in [5.41, 5.74) is 6.88. The molecular weight excluding hydrogens is 554 g/mol. The monoisotopic (exact) mass is 613 g/mol. The van der Waals surface area contributed by atoms with Crippen molar-refractivity contribution in [2.75, 3.05) is 54.0 Å². The molecule has 0 aliphatic heterocycles. The zero-order valence-electron chi connectivity index (χ0n) is 29.0. The van der Waals surface area contributed by atoms with Crippen molar-refractivity contribution >= 4 is 23.0 Å². The zero-order valence-corrected chi connectivity index (χ0v) is 29.0. The van der Waals surface area contributed by atoms with Gasteiger partial charge in [-0.1, -0.05) is 83.7 Å². The third-order valence-electron chi connectivity index (χ3n) is 9.02. The fraction of sp³-hybridized carbons (Fsp3) is 0.525. The van der Waals surface area contributed by atoms with E-state index in [0.717, 1.165) is 61.6 Å². The minimum Gasteiger partial charge on any atom is -0.478 e. The molecule has 0 unspecified atom stereocenters. The van der Waals surface area contributed by atoms with Crippen LogP contribution >= 0.6 is 0 Å². The van der Waals surface area contributed by atoms with Crippen LogP contribution in [0, 0.1) is 0 Å². The van der Waals surface area contributed by atoms with Gasteiger partial charge in [-0.25, -0.2) is 4.79 Å². The second kappa shape index (κ2) is 19.1. The van der Waals surface area contributed by atoms with Gasteiger partial charge >= 0.3 is 5.97 Å². The number of carboxylic acid groups (broad SMARTS) is 1. The highest BCUT2D eigenvalue weighted by molar-refractivity contribution is 5.91. The summed E-state index contributed by atoms with van der Waals surface area (Å²) in [6.45, 7) is 19.1. The van der Waals surface area contributed by atoms with Gasteiger partial charge in [0.25, 0.3) is 0 Å². The Morgan fingerprint density at radius 2 is 0.933 bits per heavy atom. The molecule has 0 spiro atoms. The highest BCUT2D eigenvalue weighted by Crippen LogP contribution is 2.37. The summed E-state index contributed by atoms with van der Waals surface area (Å²) < 4.78 is 0. The van der Waals surface area contributed by atoms with Crippen LogP contribution in [0.3, 0.4) is 0 Å². The smallest absolute Gasteiger partial charge is 0.336 e. The Hall–Kier alpha value is -3.47. The maximum absolute atomic E-state index is 12.8. The number of unbranched alkanes of at least 4 members (excludes halogenated alkanes) is 4. The van der Waals surface area contributed by atoms with Crippen molar-refractivity contribution in [1.82, 2.24) is 0 Å². The Morgan fingerprint density at radius 1 is 0.556 bits per heavy atom. The number of carbonyl (C=O) groups is 1. The topological polar surface area (TPSA) is 47.0 Å². The van der Waals surface area contributed by atoms with Crippen LogP contribution in [0.25, 0.3) is 0 Å². The van der Waals surface area contributed by atoms with E-state index in [-0.39, 0.29) is 5.92 Å². The van der Waals surface area contributed by atoms with Gasteiger partial charge in [-0.05, 0) is 92.6 Å². The lowest BCUT2D eigenvalue weighted by Gasteiger charge is -2.28. The van der Waals surface area contributed by atoms with Crippen molar-refractivity contribution in [3.8, 4) is 0 Å². The molecule has 0 saturated carbocycles. The Morgan fingerprint density at radius 3 is 1.27 bits per heavy atom. The van der Waals surface area contributed by atoms with Crippen LogP contribution in [-0.2, 0) is 0 Å². The maximum Gasteiger partial charge on any atom is 0.336 e. The second-order valence-corrected chi connectivity index (χ2v) is 12.3. The van der Waals surface area contributed by atoms with Gasteiger partial charge < -0.3 is 19.8 Å². The van der Waals surface area contributed by atoms with Crippen LogP contribution in [0.4, 0.5) is 17.1 Å². The zero-order chi connectivity index (χ0) is 32.6. The lowest BCUT2D eigenvalue weighted by molar-refractivity contribution is 0.0695. The summed E-state index contributed by atoms with van der Waals surface area (Å²) >= 11 is 0. The van der Waals surface area contributed by atoms with E-state index in [9.17, 15) is 9.90 Å². The van der Waals surface area contributed by atoms with Gasteiger partial charge in [-0.15, -0.1) is 0 Å². The molecule has 0 aromatic heterocycles. The van der Waals surface area contributed by atoms with E-state index in [1.165, 1.54) is 62.7 Å². The van der Waals surface area contributed by atoms with E-state index >= 15 is 0 Å². The molecule has 0 saturated heterocycles. The lowest BCUT2D eigenvalue weighted by atomic mass is 9.82. The molecule has 3 aromatic carbocycles. The average molecular weight is 614 g/mol. The summed E-state index contributed by atoms with van der Waals surface area (Å²) in [7, 11) is 0. The van der Waals surface area contributed by atoms with E-state index in [1.54, 1.807) is 0 Å². The van der Waals surface area contributed by atoms with Gasteiger partial charge in [-0.3, -0.25) is 0 Å². The molecule has 5 nitrogen and oxygen atoms in total. The van der Waals surface area contributed by atoms with Crippen LogP contribution in [0.15, 0.2) is 66.7 Å². The highest BCUT2D eigenvalue weighted by atomic mass is 16.4. The molecule has 246 valence electrons. The molecule has 0 aliphatic rings. The molecule has 0 radical (unpaired) electrons. The van der Waals surface area contributed by atoms with Crippen molar-refractivity contribution in [3.63, 3.8) is 0 Å². The van der Waals surface area contributed by atoms with Gasteiger partial charge in [0.15, 0.2) is 0 Å². The van der Waals surface area contributed by atoms with Gasteiger partial charge in [0.1, 0.15) is 0 Å². The third kappa shape index (κ3) is 10.0. The van der Waals surface area contributed by atoms with Crippen molar-refractivity contribution in [1.29, 1.82) is 0 Å². The number of hydrogen-bond acceptors (Lipinski definition) is 4. The molecule has 0 heterocycles. The summed E-state index contributed by atoms with van der Waals surface area (Å²) in [4.78, 5) is 20.0. The minimum absolute atomic E-state index is 0.190. The first-order valence-electron chi connectivity index (χ1n) is 17.7. The summed E-state index contributed by atoms with van der Waals surface area (Å²) in [6.07, 6.45) is 9.40. The summed E-state index contributed by atoms with van der Waals surface area (Å²) in [6, 6.07) is 23.9. The Labute approximate surface area is 274 Å². The fourth-order valence-corrected chi connectivity index (χ4v) is 6.21. The number of hydrogen-bond donors (Lipinski definition) is 1. The number of anilines is 3. The molecule has 3 aromatic rings. The Kier molecular flexibility index (Phi) is 15.3. The minimum atomic E-state index is -0.882. The third-order valence-corrected chi connectivity index (χ3v) is 9.02. The van der Waals surface area contributed by atoms with Crippen molar-refractivity contribution in [3.05, 3.63) is 89.0 Å². The molecule has 0 atom stereocenters. The molecule has 5 heteroatoms. The fourth-order valence-electron chi connectivity index (χ4n) is 6.21. The molecule has 0 bridgehead atoms. The standard InChI is InChI=1S/C40H59N3O2/c1-7-13-27-42(28-14-8-2)34-21-17-32(18-22-34)39(37-26-25-36(41(11-5)12-6)31-38(37)40(44)45)33-19-23-35(24-20-33)43(29-15-9-3)30-16-10-4/h17-26,31,39H,7-16,27-30H2,1-6H3,(H,44,45). The van der Waals surface area contributed by atoms with Gasteiger partial charge in [-0.2, -0.15) is 0 Å². The van der Waals surface area contributed by atoms with Crippen LogP contribution in [0.2, 0.25) is 0 Å². The number of nitrogens with zero attached hydrogens (tertiary/aromatic N) is 3. The van der Waals surface area contributed by atoms with Gasteiger partial charge in [0, 0.05) is 62.2 Å². The van der Waals surface area contributed by atoms with E-state index in [2.05, 4.69) is 111 Å². The van der Waals surface area contributed by atoms with Crippen LogP contribution in [0.5, 0.6) is 0 Å². The van der Waals surface area contributed by atoms with E-state index in [0.29, 0.717) is 5.56 Å². The normalized spacial score (nSPS) is 11.2. The van der Waals surface area contributed by atoms with Crippen molar-refractivity contribution in [2.24, 2.45) is 0 Å². The van der Waals surface area contributed by atoms with Crippen molar-refractivity contribution < 1.29 is 9.90 Å². The molecule has 3 rings (SSSR count). The molecule has 45 heavy (non-hydrogen) atoms. The predicted molar refractivity (Wildman–Crippen MR) is 195 cm³/mol. The molecule has 0 amide bonds. The lowest BCUT2D eigenvalue weighted by Crippen LogP contribution is -2.25. The van der Waals surface area contributed by atoms with Crippen LogP contribution in [0.1, 0.15) is 126 Å². The van der Waals surface area contributed by atoms with E-state index in [1.807, 2.05) is 12.1 Å². The first-order chi connectivity index (χ1) is 21.9. The summed E-state index contributed by atoms with van der Waals surface area (Å²) in [5, 5.41) is 10.5. The van der Waals surface area contributed by atoms with E-state index < -0.39 is 5.97 Å². The molecule has 0 aliphatic carbocycles.